The third kappa shape index (κ3) is 2.65. The number of halogens is 1. The van der Waals surface area contributed by atoms with Crippen LogP contribution in [0, 0.1) is 17.1 Å². The number of nitrogen functional groups attached to an aromatic ring is 1. The molecule has 0 spiro atoms. The van der Waals surface area contributed by atoms with Crippen molar-refractivity contribution in [2.75, 3.05) is 10.7 Å². The minimum absolute atomic E-state index is 0.0284. The lowest BCUT2D eigenvalue weighted by Gasteiger charge is -2.12. The van der Waals surface area contributed by atoms with Crippen LogP contribution in [0.1, 0.15) is 18.1 Å². The fourth-order valence-electron chi connectivity index (χ4n) is 1.80. The van der Waals surface area contributed by atoms with Crippen molar-refractivity contribution in [3.05, 3.63) is 41.5 Å². The summed E-state index contributed by atoms with van der Waals surface area (Å²) in [6.45, 7) is 1.94. The molecule has 1 aromatic heterocycles. The van der Waals surface area contributed by atoms with E-state index in [-0.39, 0.29) is 5.56 Å². The number of aromatic nitrogens is 2. The smallest absolute Gasteiger partial charge is 0.148 e. The fourth-order valence-corrected chi connectivity index (χ4v) is 1.80. The van der Waals surface area contributed by atoms with E-state index >= 15 is 0 Å². The first-order valence-electron chi connectivity index (χ1n) is 5.96. The molecule has 2 rings (SSSR count). The second kappa shape index (κ2) is 5.95. The van der Waals surface area contributed by atoms with Gasteiger partial charge in [0.2, 0.25) is 0 Å². The summed E-state index contributed by atoms with van der Waals surface area (Å²) in [7, 11) is 0. The molecule has 0 atom stereocenters. The van der Waals surface area contributed by atoms with E-state index in [9.17, 15) is 4.39 Å². The molecule has 0 radical (unpaired) electrons. The zero-order valence-corrected chi connectivity index (χ0v) is 10.8. The molecule has 1 heterocycles. The summed E-state index contributed by atoms with van der Waals surface area (Å²) in [6.07, 6.45) is 2.03. The van der Waals surface area contributed by atoms with Gasteiger partial charge < -0.3 is 10.7 Å². The number of hydrogen-bond donors (Lipinski definition) is 3. The first-order chi connectivity index (χ1) is 9.69. The Labute approximate surface area is 115 Å². The Balaban J connectivity index is 2.38. The highest BCUT2D eigenvalue weighted by atomic mass is 19.1. The Kier molecular flexibility index (Phi) is 4.08. The third-order valence-electron chi connectivity index (χ3n) is 2.79. The quantitative estimate of drug-likeness (QED) is 0.582. The van der Waals surface area contributed by atoms with E-state index in [0.29, 0.717) is 23.7 Å². The summed E-state index contributed by atoms with van der Waals surface area (Å²) in [5.74, 6) is 5.92. The van der Waals surface area contributed by atoms with Crippen LogP contribution < -0.4 is 16.6 Å². The Morgan fingerprint density at radius 3 is 2.75 bits per heavy atom. The molecule has 1 aromatic carbocycles. The van der Waals surface area contributed by atoms with Crippen LogP contribution in [-0.4, -0.2) is 9.97 Å². The fraction of sp³-hybridized carbons (Fsp3) is 0.154. The van der Waals surface area contributed by atoms with Gasteiger partial charge in [0.1, 0.15) is 29.8 Å². The van der Waals surface area contributed by atoms with Gasteiger partial charge in [-0.3, -0.25) is 0 Å². The van der Waals surface area contributed by atoms with Gasteiger partial charge in [-0.2, -0.15) is 5.26 Å². The monoisotopic (exact) mass is 272 g/mol. The van der Waals surface area contributed by atoms with Crippen LogP contribution >= 0.6 is 0 Å². The van der Waals surface area contributed by atoms with E-state index < -0.39 is 5.82 Å². The minimum atomic E-state index is -0.555. The summed E-state index contributed by atoms with van der Waals surface area (Å²) in [5.41, 5.74) is 3.84. The number of hydrogen-bond acceptors (Lipinski definition) is 6. The molecule has 0 bridgehead atoms. The molecule has 0 aliphatic rings. The predicted octanol–water partition coefficient (Wildman–Crippen LogP) is 2.08. The maximum Gasteiger partial charge on any atom is 0.148 e. The van der Waals surface area contributed by atoms with Gasteiger partial charge in [0.25, 0.3) is 0 Å². The second-order valence-corrected chi connectivity index (χ2v) is 3.98. The lowest BCUT2D eigenvalue weighted by atomic mass is 10.2. The number of rotatable bonds is 4. The van der Waals surface area contributed by atoms with E-state index in [4.69, 9.17) is 11.1 Å². The molecular formula is C13H13FN6. The van der Waals surface area contributed by atoms with Gasteiger partial charge in [-0.1, -0.05) is 6.92 Å². The second-order valence-electron chi connectivity index (χ2n) is 3.98. The molecule has 102 valence electrons. The molecule has 2 aromatic rings. The van der Waals surface area contributed by atoms with Gasteiger partial charge in [-0.05, 0) is 24.6 Å². The maximum absolute atomic E-state index is 13.3. The van der Waals surface area contributed by atoms with Crippen LogP contribution in [-0.2, 0) is 6.42 Å². The van der Waals surface area contributed by atoms with Crippen LogP contribution in [0.3, 0.4) is 0 Å². The lowest BCUT2D eigenvalue weighted by molar-refractivity contribution is 0.624. The van der Waals surface area contributed by atoms with Gasteiger partial charge in [0, 0.05) is 11.3 Å². The van der Waals surface area contributed by atoms with E-state index in [2.05, 4.69) is 20.7 Å². The van der Waals surface area contributed by atoms with Crippen LogP contribution in [0.5, 0.6) is 0 Å². The van der Waals surface area contributed by atoms with Gasteiger partial charge in [-0.25, -0.2) is 20.2 Å². The first-order valence-corrected chi connectivity index (χ1v) is 5.96. The highest BCUT2D eigenvalue weighted by Crippen LogP contribution is 2.24. The first kappa shape index (κ1) is 13.7. The zero-order chi connectivity index (χ0) is 14.5. The number of nitriles is 1. The van der Waals surface area contributed by atoms with Crippen molar-refractivity contribution in [2.45, 2.75) is 13.3 Å². The van der Waals surface area contributed by atoms with Gasteiger partial charge in [0.15, 0.2) is 0 Å². The molecule has 0 amide bonds. The van der Waals surface area contributed by atoms with E-state index in [1.165, 1.54) is 24.5 Å². The van der Waals surface area contributed by atoms with Crippen molar-refractivity contribution >= 4 is 17.3 Å². The molecule has 20 heavy (non-hydrogen) atoms. The number of benzene rings is 1. The zero-order valence-electron chi connectivity index (χ0n) is 10.8. The average molecular weight is 272 g/mol. The molecule has 0 aliphatic carbocycles. The van der Waals surface area contributed by atoms with E-state index in [1.54, 1.807) is 6.07 Å². The molecule has 4 N–H and O–H groups in total. The topological polar surface area (TPSA) is 99.7 Å². The predicted molar refractivity (Wildman–Crippen MR) is 73.6 cm³/mol. The van der Waals surface area contributed by atoms with Crippen molar-refractivity contribution in [1.29, 1.82) is 5.26 Å². The Morgan fingerprint density at radius 2 is 2.10 bits per heavy atom. The summed E-state index contributed by atoms with van der Waals surface area (Å²) >= 11 is 0. The largest absolute Gasteiger partial charge is 0.340 e. The van der Waals surface area contributed by atoms with E-state index in [1.807, 2.05) is 6.92 Å². The Morgan fingerprint density at radius 1 is 1.35 bits per heavy atom. The van der Waals surface area contributed by atoms with Crippen LogP contribution in [0.2, 0.25) is 0 Å². The van der Waals surface area contributed by atoms with E-state index in [0.717, 1.165) is 5.56 Å². The van der Waals surface area contributed by atoms with Gasteiger partial charge in [-0.15, -0.1) is 0 Å². The van der Waals surface area contributed by atoms with Crippen molar-refractivity contribution in [3.8, 4) is 6.07 Å². The standard InChI is InChI=1S/C13H13FN6/c1-2-10-12(17-7-18-13(10)20-16)19-9-3-4-11(14)8(5-9)6-15/h3-5,7H,2,16H2,1H3,(H2,17,18,19,20). The maximum atomic E-state index is 13.3. The summed E-state index contributed by atoms with van der Waals surface area (Å²) in [5, 5.41) is 11.9. The number of nitrogens with one attached hydrogen (secondary N) is 2. The van der Waals surface area contributed by atoms with Crippen molar-refractivity contribution < 1.29 is 4.39 Å². The highest BCUT2D eigenvalue weighted by molar-refractivity contribution is 5.65. The number of anilines is 3. The van der Waals surface area contributed by atoms with Crippen LogP contribution in [0.25, 0.3) is 0 Å². The third-order valence-corrected chi connectivity index (χ3v) is 2.79. The summed E-state index contributed by atoms with van der Waals surface area (Å²) in [4.78, 5) is 8.16. The molecule has 0 aliphatic heterocycles. The van der Waals surface area contributed by atoms with Crippen LogP contribution in [0.4, 0.5) is 21.7 Å². The molecule has 0 fully saturated rings. The van der Waals surface area contributed by atoms with Gasteiger partial charge in [0.05, 0.1) is 5.56 Å². The highest BCUT2D eigenvalue weighted by Gasteiger charge is 2.10. The number of hydrazine groups is 1. The van der Waals surface area contributed by atoms with Crippen molar-refractivity contribution in [2.24, 2.45) is 5.84 Å². The number of nitrogens with zero attached hydrogens (tertiary/aromatic N) is 3. The number of nitrogens with two attached hydrogens (primary N) is 1. The lowest BCUT2D eigenvalue weighted by Crippen LogP contribution is -2.13. The average Bonchev–Trinajstić information content (AvgIpc) is 2.48. The summed E-state index contributed by atoms with van der Waals surface area (Å²) in [6, 6.07) is 5.98. The summed E-state index contributed by atoms with van der Waals surface area (Å²) < 4.78 is 13.3. The SMILES string of the molecule is CCc1c(NN)ncnc1Nc1ccc(F)c(C#N)c1. The minimum Gasteiger partial charge on any atom is -0.340 e. The van der Waals surface area contributed by atoms with Gasteiger partial charge >= 0.3 is 0 Å². The van der Waals surface area contributed by atoms with Crippen molar-refractivity contribution in [1.82, 2.24) is 9.97 Å². The molecule has 0 unspecified atom stereocenters. The van der Waals surface area contributed by atoms with Crippen molar-refractivity contribution in [3.63, 3.8) is 0 Å². The normalized spacial score (nSPS) is 9.90. The molecule has 6 nitrogen and oxygen atoms in total. The van der Waals surface area contributed by atoms with Crippen LogP contribution in [0.15, 0.2) is 24.5 Å². The molecule has 0 saturated heterocycles. The molecule has 0 saturated carbocycles. The molecule has 7 heteroatoms. The Hall–Kier alpha value is -2.72. The molecular weight excluding hydrogens is 259 g/mol. The Bertz CT molecular complexity index is 664.